The van der Waals surface area contributed by atoms with Gasteiger partial charge in [0.05, 0.1) is 12.7 Å². The summed E-state index contributed by atoms with van der Waals surface area (Å²) >= 11 is 0. The average Bonchev–Trinajstić information content (AvgIpc) is 2.63. The molecule has 2 rings (SSSR count). The Morgan fingerprint density at radius 3 is 2.48 bits per heavy atom. The summed E-state index contributed by atoms with van der Waals surface area (Å²) in [5.74, 6) is -3.84. The normalized spacial score (nSPS) is 11.6. The molecule has 0 bridgehead atoms. The lowest BCUT2D eigenvalue weighted by atomic mass is 10.0. The van der Waals surface area contributed by atoms with Crippen molar-refractivity contribution in [1.82, 2.24) is 5.32 Å². The van der Waals surface area contributed by atoms with Gasteiger partial charge < -0.3 is 10.1 Å². The van der Waals surface area contributed by atoms with Crippen LogP contribution in [0.15, 0.2) is 48.5 Å². The molecule has 1 atom stereocenters. The quantitative estimate of drug-likeness (QED) is 0.782. The van der Waals surface area contributed by atoms with Crippen molar-refractivity contribution < 1.29 is 23.1 Å². The molecule has 0 heterocycles. The maximum absolute atomic E-state index is 13.7. The zero-order chi connectivity index (χ0) is 18.2. The fraction of sp³-hybridized carbons (Fsp3) is 0.263. The van der Waals surface area contributed by atoms with Crippen LogP contribution in [0.2, 0.25) is 0 Å². The minimum Gasteiger partial charge on any atom is -0.467 e. The van der Waals surface area contributed by atoms with Crippen LogP contribution in [-0.2, 0) is 16.0 Å². The maximum Gasteiger partial charge on any atom is 0.328 e. The number of rotatable bonds is 7. The number of hydrogen-bond acceptors (Lipinski definition) is 3. The Morgan fingerprint density at radius 1 is 1.08 bits per heavy atom. The number of halogens is 2. The summed E-state index contributed by atoms with van der Waals surface area (Å²) < 4.78 is 31.6. The first kappa shape index (κ1) is 18.6. The van der Waals surface area contributed by atoms with Crippen LogP contribution in [0.25, 0.3) is 0 Å². The molecule has 4 nitrogen and oxygen atoms in total. The van der Waals surface area contributed by atoms with Gasteiger partial charge in [0.25, 0.3) is 5.91 Å². The van der Waals surface area contributed by atoms with Crippen LogP contribution in [0.5, 0.6) is 0 Å². The molecule has 25 heavy (non-hydrogen) atoms. The summed E-state index contributed by atoms with van der Waals surface area (Å²) in [6, 6.07) is 12.1. The molecule has 0 aliphatic heterocycles. The summed E-state index contributed by atoms with van der Waals surface area (Å²) in [5.41, 5.74) is 0.658. The van der Waals surface area contributed by atoms with Crippen molar-refractivity contribution in [3.05, 3.63) is 71.3 Å². The largest absolute Gasteiger partial charge is 0.467 e. The molecular formula is C19H19F2NO3. The van der Waals surface area contributed by atoms with E-state index in [0.717, 1.165) is 24.1 Å². The van der Waals surface area contributed by atoms with Gasteiger partial charge in [0.2, 0.25) is 0 Å². The van der Waals surface area contributed by atoms with Gasteiger partial charge in [0.1, 0.15) is 6.04 Å². The van der Waals surface area contributed by atoms with Crippen LogP contribution in [0.1, 0.15) is 28.8 Å². The number of carbonyl (C=O) groups is 2. The Balaban J connectivity index is 2.01. The Bertz CT molecular complexity index is 735. The van der Waals surface area contributed by atoms with Gasteiger partial charge in [-0.1, -0.05) is 36.4 Å². The number of nitrogens with one attached hydrogen (secondary N) is 1. The van der Waals surface area contributed by atoms with E-state index in [4.69, 9.17) is 0 Å². The van der Waals surface area contributed by atoms with Crippen molar-refractivity contribution in [1.29, 1.82) is 0 Å². The number of methoxy groups -OCH3 is 1. The summed E-state index contributed by atoms with van der Waals surface area (Å²) in [5, 5.41) is 2.42. The van der Waals surface area contributed by atoms with Gasteiger partial charge in [-0.05, 0) is 37.0 Å². The van der Waals surface area contributed by atoms with Gasteiger partial charge in [-0.25, -0.2) is 13.6 Å². The van der Waals surface area contributed by atoms with Crippen LogP contribution >= 0.6 is 0 Å². The summed E-state index contributed by atoms with van der Waals surface area (Å²) in [7, 11) is 1.21. The molecule has 0 fully saturated rings. The number of amides is 1. The van der Waals surface area contributed by atoms with Gasteiger partial charge >= 0.3 is 5.97 Å². The van der Waals surface area contributed by atoms with Crippen molar-refractivity contribution in [2.75, 3.05) is 7.11 Å². The van der Waals surface area contributed by atoms with Gasteiger partial charge in [-0.15, -0.1) is 0 Å². The molecule has 0 aromatic heterocycles. The van der Waals surface area contributed by atoms with Crippen molar-refractivity contribution in [3.63, 3.8) is 0 Å². The summed E-state index contributed by atoms with van der Waals surface area (Å²) in [6.07, 6.45) is 1.67. The topological polar surface area (TPSA) is 55.4 Å². The number of hydrogen-bond donors (Lipinski definition) is 1. The summed E-state index contributed by atoms with van der Waals surface area (Å²) in [6.45, 7) is 0. The molecule has 0 saturated carbocycles. The van der Waals surface area contributed by atoms with Crippen LogP contribution in [-0.4, -0.2) is 25.0 Å². The number of aryl methyl sites for hydroxylation is 1. The smallest absolute Gasteiger partial charge is 0.328 e. The number of carbonyl (C=O) groups excluding carboxylic acids is 2. The zero-order valence-corrected chi connectivity index (χ0v) is 13.8. The van der Waals surface area contributed by atoms with Crippen LogP contribution in [0.4, 0.5) is 8.78 Å². The highest BCUT2D eigenvalue weighted by molar-refractivity contribution is 5.97. The Hall–Kier alpha value is -2.76. The molecule has 0 aliphatic rings. The van der Waals surface area contributed by atoms with Gasteiger partial charge in [-0.2, -0.15) is 0 Å². The Labute approximate surface area is 144 Å². The van der Waals surface area contributed by atoms with Crippen molar-refractivity contribution in [2.24, 2.45) is 0 Å². The molecule has 2 aromatic carbocycles. The standard InChI is InChI=1S/C19H19F2NO3/c1-25-19(24)16(12-5-9-13-7-3-2-4-8-13)22-18(23)14-10-6-11-15(20)17(14)21/h2-4,6-8,10-11,16H,5,9,12H2,1H3,(H,22,23)/t16-/m1/s1. The minimum absolute atomic E-state index is 0.324. The first-order valence-corrected chi connectivity index (χ1v) is 7.89. The number of ether oxygens (including phenoxy) is 1. The molecule has 6 heteroatoms. The molecule has 0 radical (unpaired) electrons. The van der Waals surface area contributed by atoms with Gasteiger partial charge in [0, 0.05) is 0 Å². The highest BCUT2D eigenvalue weighted by atomic mass is 19.2. The molecule has 0 saturated heterocycles. The predicted molar refractivity (Wildman–Crippen MR) is 89.0 cm³/mol. The van der Waals surface area contributed by atoms with E-state index in [1.807, 2.05) is 30.3 Å². The Morgan fingerprint density at radius 2 is 1.80 bits per heavy atom. The van der Waals surface area contributed by atoms with Crippen molar-refractivity contribution in [3.8, 4) is 0 Å². The summed E-state index contributed by atoms with van der Waals surface area (Å²) in [4.78, 5) is 24.0. The van der Waals surface area contributed by atoms with E-state index in [9.17, 15) is 18.4 Å². The third-order valence-electron chi connectivity index (χ3n) is 3.79. The average molecular weight is 347 g/mol. The lowest BCUT2D eigenvalue weighted by Crippen LogP contribution is -2.42. The van der Waals surface area contributed by atoms with E-state index >= 15 is 0 Å². The predicted octanol–water partition coefficient (Wildman–Crippen LogP) is 3.26. The van der Waals surface area contributed by atoms with Crippen molar-refractivity contribution >= 4 is 11.9 Å². The second-order valence-corrected chi connectivity index (χ2v) is 5.53. The van der Waals surface area contributed by atoms with Crippen LogP contribution < -0.4 is 5.32 Å². The van der Waals surface area contributed by atoms with Crippen LogP contribution in [0.3, 0.4) is 0 Å². The third kappa shape index (κ3) is 5.11. The van der Waals surface area contributed by atoms with E-state index in [1.54, 1.807) is 0 Å². The van der Waals surface area contributed by atoms with E-state index in [0.29, 0.717) is 12.8 Å². The molecular weight excluding hydrogens is 328 g/mol. The molecule has 132 valence electrons. The first-order chi connectivity index (χ1) is 12.0. The van der Waals surface area contributed by atoms with E-state index < -0.39 is 35.1 Å². The lowest BCUT2D eigenvalue weighted by molar-refractivity contribution is -0.143. The fourth-order valence-corrected chi connectivity index (χ4v) is 2.46. The minimum atomic E-state index is -1.24. The SMILES string of the molecule is COC(=O)[C@@H](CCCc1ccccc1)NC(=O)c1cccc(F)c1F. The first-order valence-electron chi connectivity index (χ1n) is 7.89. The zero-order valence-electron chi connectivity index (χ0n) is 13.8. The third-order valence-corrected chi connectivity index (χ3v) is 3.79. The number of benzene rings is 2. The molecule has 1 amide bonds. The van der Waals surface area contributed by atoms with Gasteiger partial charge in [-0.3, -0.25) is 4.79 Å². The fourth-order valence-electron chi connectivity index (χ4n) is 2.46. The molecule has 2 aromatic rings. The lowest BCUT2D eigenvalue weighted by Gasteiger charge is -2.17. The second kappa shape index (κ2) is 8.92. The molecule has 1 N–H and O–H groups in total. The second-order valence-electron chi connectivity index (χ2n) is 5.53. The molecule has 0 aliphatic carbocycles. The van der Waals surface area contributed by atoms with Crippen molar-refractivity contribution in [2.45, 2.75) is 25.3 Å². The molecule has 0 unspecified atom stereocenters. The maximum atomic E-state index is 13.7. The highest BCUT2D eigenvalue weighted by Crippen LogP contribution is 2.13. The van der Waals surface area contributed by atoms with E-state index in [-0.39, 0.29) is 0 Å². The molecule has 0 spiro atoms. The van der Waals surface area contributed by atoms with E-state index in [2.05, 4.69) is 10.1 Å². The van der Waals surface area contributed by atoms with Crippen LogP contribution in [0, 0.1) is 11.6 Å². The number of esters is 1. The monoisotopic (exact) mass is 347 g/mol. The van der Waals surface area contributed by atoms with E-state index in [1.165, 1.54) is 13.2 Å². The van der Waals surface area contributed by atoms with Gasteiger partial charge in [0.15, 0.2) is 11.6 Å². The highest BCUT2D eigenvalue weighted by Gasteiger charge is 2.24. The Kier molecular flexibility index (Phi) is 6.62.